The van der Waals surface area contributed by atoms with E-state index in [0.29, 0.717) is 22.8 Å². The van der Waals surface area contributed by atoms with E-state index in [9.17, 15) is 10.1 Å². The predicted octanol–water partition coefficient (Wildman–Crippen LogP) is 3.92. The standard InChI is InChI=1S/C24H24N2O5/c1-4-29-24(27)21-15(2)31-23(26)19(13-25)22(21)16-10-11-20(28-3)17(12-16)14-30-18-8-6-5-7-9-18/h5-12,22H,4,14,26H2,1-3H3/t22-/m1/s1. The van der Waals surface area contributed by atoms with Crippen molar-refractivity contribution in [3.63, 3.8) is 0 Å². The van der Waals surface area contributed by atoms with Gasteiger partial charge in [-0.05, 0) is 43.7 Å². The molecule has 0 aromatic heterocycles. The van der Waals surface area contributed by atoms with Gasteiger partial charge >= 0.3 is 5.97 Å². The third-order valence-corrected chi connectivity index (χ3v) is 4.88. The zero-order chi connectivity index (χ0) is 22.4. The van der Waals surface area contributed by atoms with Crippen LogP contribution in [0.1, 0.15) is 30.9 Å². The molecular formula is C24H24N2O5. The first kappa shape index (κ1) is 21.8. The summed E-state index contributed by atoms with van der Waals surface area (Å²) in [7, 11) is 1.57. The maximum atomic E-state index is 12.7. The maximum absolute atomic E-state index is 12.7. The minimum absolute atomic E-state index is 0.0315. The number of benzene rings is 2. The Morgan fingerprint density at radius 2 is 1.97 bits per heavy atom. The molecule has 2 aromatic rings. The topological polar surface area (TPSA) is 104 Å². The Morgan fingerprint density at radius 1 is 1.23 bits per heavy atom. The van der Waals surface area contributed by atoms with Gasteiger partial charge in [0.05, 0.1) is 25.2 Å². The van der Waals surface area contributed by atoms with Crippen molar-refractivity contribution in [3.8, 4) is 17.6 Å². The lowest BCUT2D eigenvalue weighted by molar-refractivity contribution is -0.139. The van der Waals surface area contributed by atoms with E-state index in [4.69, 9.17) is 24.7 Å². The summed E-state index contributed by atoms with van der Waals surface area (Å²) >= 11 is 0. The summed E-state index contributed by atoms with van der Waals surface area (Å²) in [6, 6.07) is 16.9. The van der Waals surface area contributed by atoms with Crippen LogP contribution in [0.3, 0.4) is 0 Å². The highest BCUT2D eigenvalue weighted by Gasteiger charge is 2.36. The van der Waals surface area contributed by atoms with E-state index in [1.54, 1.807) is 33.1 Å². The summed E-state index contributed by atoms with van der Waals surface area (Å²) in [5.41, 5.74) is 7.80. The molecule has 0 aliphatic carbocycles. The minimum atomic E-state index is -0.723. The van der Waals surface area contributed by atoms with E-state index < -0.39 is 11.9 Å². The summed E-state index contributed by atoms with van der Waals surface area (Å²) in [6.45, 7) is 3.78. The number of carbonyl (C=O) groups is 1. The van der Waals surface area contributed by atoms with Gasteiger partial charge in [0.2, 0.25) is 5.88 Å². The first-order chi connectivity index (χ1) is 15.0. The highest BCUT2D eigenvalue weighted by atomic mass is 16.5. The molecule has 7 heteroatoms. The molecule has 0 unspecified atom stereocenters. The second kappa shape index (κ2) is 9.72. The van der Waals surface area contributed by atoms with Crippen molar-refractivity contribution < 1.29 is 23.7 Å². The lowest BCUT2D eigenvalue weighted by Crippen LogP contribution is -2.25. The Kier molecular flexibility index (Phi) is 6.83. The number of methoxy groups -OCH3 is 1. The number of para-hydroxylation sites is 1. The number of hydrogen-bond donors (Lipinski definition) is 1. The molecular weight excluding hydrogens is 396 g/mol. The van der Waals surface area contributed by atoms with Gasteiger partial charge < -0.3 is 24.7 Å². The Balaban J connectivity index is 2.04. The summed E-state index contributed by atoms with van der Waals surface area (Å²) in [4.78, 5) is 12.7. The van der Waals surface area contributed by atoms with Crippen molar-refractivity contribution >= 4 is 5.97 Å². The number of nitrogens with zero attached hydrogens (tertiary/aromatic N) is 1. The van der Waals surface area contributed by atoms with Crippen LogP contribution in [0, 0.1) is 11.3 Å². The molecule has 0 amide bonds. The molecule has 1 heterocycles. The van der Waals surface area contributed by atoms with Crippen molar-refractivity contribution in [1.29, 1.82) is 5.26 Å². The number of rotatable bonds is 7. The summed E-state index contributed by atoms with van der Waals surface area (Å²) in [5, 5.41) is 9.74. The van der Waals surface area contributed by atoms with Crippen LogP contribution < -0.4 is 15.2 Å². The van der Waals surface area contributed by atoms with Gasteiger partial charge in [-0.25, -0.2) is 4.79 Å². The van der Waals surface area contributed by atoms with Crippen LogP contribution in [-0.4, -0.2) is 19.7 Å². The van der Waals surface area contributed by atoms with Crippen molar-refractivity contribution in [2.45, 2.75) is 26.4 Å². The third kappa shape index (κ3) is 4.64. The fourth-order valence-electron chi connectivity index (χ4n) is 3.46. The molecule has 31 heavy (non-hydrogen) atoms. The van der Waals surface area contributed by atoms with Crippen LogP contribution in [0.15, 0.2) is 71.3 Å². The second-order valence-corrected chi connectivity index (χ2v) is 6.79. The third-order valence-electron chi connectivity index (χ3n) is 4.88. The Labute approximate surface area is 181 Å². The van der Waals surface area contributed by atoms with Crippen molar-refractivity contribution in [2.24, 2.45) is 5.73 Å². The Morgan fingerprint density at radius 3 is 2.61 bits per heavy atom. The van der Waals surface area contributed by atoms with Crippen LogP contribution in [-0.2, 0) is 20.9 Å². The average Bonchev–Trinajstić information content (AvgIpc) is 2.77. The molecule has 1 aliphatic heterocycles. The first-order valence-electron chi connectivity index (χ1n) is 9.80. The van der Waals surface area contributed by atoms with E-state index >= 15 is 0 Å². The van der Waals surface area contributed by atoms with Gasteiger partial charge in [-0.1, -0.05) is 24.3 Å². The van der Waals surface area contributed by atoms with Gasteiger partial charge in [0.15, 0.2) is 0 Å². The van der Waals surface area contributed by atoms with Crippen molar-refractivity contribution in [3.05, 3.63) is 82.4 Å². The average molecular weight is 420 g/mol. The maximum Gasteiger partial charge on any atom is 0.338 e. The molecule has 0 bridgehead atoms. The van der Waals surface area contributed by atoms with Gasteiger partial charge in [0.25, 0.3) is 0 Å². The quantitative estimate of drug-likeness (QED) is 0.677. The number of ether oxygens (including phenoxy) is 4. The summed E-state index contributed by atoms with van der Waals surface area (Å²) < 4.78 is 22.0. The number of nitriles is 1. The normalized spacial score (nSPS) is 15.7. The minimum Gasteiger partial charge on any atom is -0.496 e. The van der Waals surface area contributed by atoms with Gasteiger partial charge in [-0.2, -0.15) is 5.26 Å². The first-order valence-corrected chi connectivity index (χ1v) is 9.80. The van der Waals surface area contributed by atoms with E-state index in [1.807, 2.05) is 36.4 Å². The molecule has 0 radical (unpaired) electrons. The molecule has 0 saturated carbocycles. The van der Waals surface area contributed by atoms with E-state index in [-0.39, 0.29) is 30.2 Å². The van der Waals surface area contributed by atoms with Crippen LogP contribution >= 0.6 is 0 Å². The molecule has 0 spiro atoms. The fraction of sp³-hybridized carbons (Fsp3) is 0.250. The number of hydrogen-bond acceptors (Lipinski definition) is 7. The highest BCUT2D eigenvalue weighted by molar-refractivity contribution is 5.92. The number of allylic oxidation sites excluding steroid dienone is 2. The SMILES string of the molecule is CCOC(=O)C1=C(C)OC(N)=C(C#N)[C@H]1c1ccc(OC)c(COc2ccccc2)c1. The summed E-state index contributed by atoms with van der Waals surface area (Å²) in [6.07, 6.45) is 0. The zero-order valence-electron chi connectivity index (χ0n) is 17.7. The molecule has 3 rings (SSSR count). The van der Waals surface area contributed by atoms with E-state index in [0.717, 1.165) is 5.56 Å². The van der Waals surface area contributed by atoms with Gasteiger partial charge in [0, 0.05) is 5.56 Å². The van der Waals surface area contributed by atoms with Crippen molar-refractivity contribution in [2.75, 3.05) is 13.7 Å². The van der Waals surface area contributed by atoms with E-state index in [2.05, 4.69) is 6.07 Å². The van der Waals surface area contributed by atoms with Crippen LogP contribution in [0.5, 0.6) is 11.5 Å². The van der Waals surface area contributed by atoms with Gasteiger partial charge in [-0.15, -0.1) is 0 Å². The largest absolute Gasteiger partial charge is 0.496 e. The fourth-order valence-corrected chi connectivity index (χ4v) is 3.46. The lowest BCUT2D eigenvalue weighted by Gasteiger charge is -2.27. The second-order valence-electron chi connectivity index (χ2n) is 6.79. The molecule has 160 valence electrons. The van der Waals surface area contributed by atoms with E-state index in [1.165, 1.54) is 0 Å². The summed E-state index contributed by atoms with van der Waals surface area (Å²) in [5.74, 6) is 0.336. The highest BCUT2D eigenvalue weighted by Crippen LogP contribution is 2.40. The van der Waals surface area contributed by atoms with Gasteiger partial charge in [-0.3, -0.25) is 0 Å². The number of carbonyl (C=O) groups excluding carboxylic acids is 1. The number of nitrogens with two attached hydrogens (primary N) is 1. The molecule has 0 fully saturated rings. The zero-order valence-corrected chi connectivity index (χ0v) is 17.7. The Bertz CT molecular complexity index is 1070. The predicted molar refractivity (Wildman–Crippen MR) is 114 cm³/mol. The molecule has 0 saturated heterocycles. The smallest absolute Gasteiger partial charge is 0.338 e. The lowest BCUT2D eigenvalue weighted by atomic mass is 9.82. The van der Waals surface area contributed by atoms with Crippen LogP contribution in [0.25, 0.3) is 0 Å². The Hall–Kier alpha value is -3.92. The van der Waals surface area contributed by atoms with Crippen LogP contribution in [0.4, 0.5) is 0 Å². The van der Waals surface area contributed by atoms with Gasteiger partial charge in [0.1, 0.15) is 35.5 Å². The molecule has 2 N–H and O–H groups in total. The van der Waals surface area contributed by atoms with Crippen molar-refractivity contribution in [1.82, 2.24) is 0 Å². The molecule has 7 nitrogen and oxygen atoms in total. The monoisotopic (exact) mass is 420 g/mol. The molecule has 1 atom stereocenters. The number of esters is 1. The molecule has 2 aromatic carbocycles. The molecule has 1 aliphatic rings. The van der Waals surface area contributed by atoms with Crippen LogP contribution in [0.2, 0.25) is 0 Å².